The maximum Gasteiger partial charge on any atom is 0.239 e. The second kappa shape index (κ2) is 6.37. The predicted molar refractivity (Wildman–Crippen MR) is 73.6 cm³/mol. The van der Waals surface area contributed by atoms with E-state index in [1.54, 1.807) is 0 Å². The van der Waals surface area contributed by atoms with E-state index >= 15 is 0 Å². The number of carbonyl (C=O) groups excluding carboxylic acids is 2. The topological polar surface area (TPSA) is 61.4 Å². The molecule has 108 valence electrons. The molecular weight excluding hydrogens is 242 g/mol. The van der Waals surface area contributed by atoms with Crippen molar-refractivity contribution in [1.29, 1.82) is 0 Å². The molecule has 2 aliphatic heterocycles. The zero-order valence-corrected chi connectivity index (χ0v) is 11.9. The zero-order valence-electron chi connectivity index (χ0n) is 11.9. The Bertz CT molecular complexity index is 344. The molecule has 2 heterocycles. The van der Waals surface area contributed by atoms with Crippen LogP contribution in [-0.4, -0.2) is 48.9 Å². The van der Waals surface area contributed by atoms with Crippen molar-refractivity contribution in [1.82, 2.24) is 15.5 Å². The molecule has 2 unspecified atom stereocenters. The van der Waals surface area contributed by atoms with Crippen LogP contribution >= 0.6 is 0 Å². The minimum absolute atomic E-state index is 0.0266. The molecule has 0 aromatic heterocycles. The van der Waals surface area contributed by atoms with Crippen molar-refractivity contribution < 1.29 is 9.59 Å². The molecule has 0 aliphatic carbocycles. The molecule has 5 nitrogen and oxygen atoms in total. The number of amides is 2. The molecule has 0 spiro atoms. The van der Waals surface area contributed by atoms with Crippen molar-refractivity contribution in [2.75, 3.05) is 26.2 Å². The van der Waals surface area contributed by atoms with Gasteiger partial charge < -0.3 is 15.5 Å². The number of piperidine rings is 2. The molecule has 0 radical (unpaired) electrons. The van der Waals surface area contributed by atoms with Gasteiger partial charge in [-0.3, -0.25) is 9.59 Å². The van der Waals surface area contributed by atoms with Gasteiger partial charge >= 0.3 is 0 Å². The number of hydrogen-bond donors (Lipinski definition) is 2. The second-order valence-corrected chi connectivity index (χ2v) is 6.08. The molecule has 19 heavy (non-hydrogen) atoms. The molecule has 0 aromatic rings. The Morgan fingerprint density at radius 3 is 3.00 bits per heavy atom. The van der Waals surface area contributed by atoms with Gasteiger partial charge in [0.25, 0.3) is 0 Å². The van der Waals surface area contributed by atoms with Crippen molar-refractivity contribution >= 4 is 11.8 Å². The summed E-state index contributed by atoms with van der Waals surface area (Å²) in [6, 6.07) is 0.257. The fourth-order valence-corrected chi connectivity index (χ4v) is 2.99. The SMILES string of the molecule is CC(C)CNC(=O)CN1C(=O)CCC2CNCCC21. The molecular formula is C14H25N3O2. The lowest BCUT2D eigenvalue weighted by molar-refractivity contribution is -0.143. The molecule has 5 heteroatoms. The Balaban J connectivity index is 1.92. The molecule has 2 aliphatic rings. The summed E-state index contributed by atoms with van der Waals surface area (Å²) < 4.78 is 0. The zero-order chi connectivity index (χ0) is 13.8. The first-order chi connectivity index (χ1) is 9.08. The molecule has 0 bridgehead atoms. The van der Waals surface area contributed by atoms with Crippen molar-refractivity contribution in [3.63, 3.8) is 0 Å². The Kier molecular flexibility index (Phi) is 4.80. The van der Waals surface area contributed by atoms with Gasteiger partial charge in [0.1, 0.15) is 0 Å². The highest BCUT2D eigenvalue weighted by Gasteiger charge is 2.37. The summed E-state index contributed by atoms with van der Waals surface area (Å²) in [5.41, 5.74) is 0. The quantitative estimate of drug-likeness (QED) is 0.773. The third kappa shape index (κ3) is 3.69. The second-order valence-electron chi connectivity index (χ2n) is 6.08. The summed E-state index contributed by atoms with van der Waals surface area (Å²) in [6.45, 7) is 6.95. The largest absolute Gasteiger partial charge is 0.354 e. The number of rotatable bonds is 4. The number of fused-ring (bicyclic) bond motifs is 1. The van der Waals surface area contributed by atoms with Crippen molar-refractivity contribution in [2.24, 2.45) is 11.8 Å². The minimum atomic E-state index is -0.0266. The summed E-state index contributed by atoms with van der Waals surface area (Å²) >= 11 is 0. The number of nitrogens with zero attached hydrogens (tertiary/aromatic N) is 1. The average molecular weight is 267 g/mol. The van der Waals surface area contributed by atoms with Crippen LogP contribution in [-0.2, 0) is 9.59 Å². The van der Waals surface area contributed by atoms with E-state index in [1.165, 1.54) is 0 Å². The highest BCUT2D eigenvalue weighted by atomic mass is 16.2. The van der Waals surface area contributed by atoms with Gasteiger partial charge in [-0.15, -0.1) is 0 Å². The summed E-state index contributed by atoms with van der Waals surface area (Å²) in [4.78, 5) is 25.8. The van der Waals surface area contributed by atoms with E-state index < -0.39 is 0 Å². The fourth-order valence-electron chi connectivity index (χ4n) is 2.99. The molecule has 2 rings (SSSR count). The first-order valence-corrected chi connectivity index (χ1v) is 7.35. The van der Waals surface area contributed by atoms with E-state index in [9.17, 15) is 9.59 Å². The van der Waals surface area contributed by atoms with E-state index in [0.717, 1.165) is 25.9 Å². The summed E-state index contributed by atoms with van der Waals surface area (Å²) in [5, 5.41) is 6.27. The Morgan fingerprint density at radius 2 is 2.26 bits per heavy atom. The number of carbonyl (C=O) groups is 2. The van der Waals surface area contributed by atoms with Gasteiger partial charge in [-0.25, -0.2) is 0 Å². The maximum atomic E-state index is 12.0. The summed E-state index contributed by atoms with van der Waals surface area (Å²) in [6.07, 6.45) is 2.51. The lowest BCUT2D eigenvalue weighted by Crippen LogP contribution is -2.57. The Labute approximate surface area is 115 Å². The Hall–Kier alpha value is -1.10. The Morgan fingerprint density at radius 1 is 1.47 bits per heavy atom. The fraction of sp³-hybridized carbons (Fsp3) is 0.857. The van der Waals surface area contributed by atoms with Crippen molar-refractivity contribution in [2.45, 2.75) is 39.2 Å². The molecule has 0 saturated carbocycles. The highest BCUT2D eigenvalue weighted by Crippen LogP contribution is 2.28. The van der Waals surface area contributed by atoms with Gasteiger partial charge in [-0.1, -0.05) is 13.8 Å². The smallest absolute Gasteiger partial charge is 0.239 e. The monoisotopic (exact) mass is 267 g/mol. The molecule has 2 amide bonds. The van der Waals surface area contributed by atoms with Crippen LogP contribution in [0.25, 0.3) is 0 Å². The lowest BCUT2D eigenvalue weighted by atomic mass is 9.84. The van der Waals surface area contributed by atoms with Crippen LogP contribution in [0, 0.1) is 11.8 Å². The van der Waals surface area contributed by atoms with Gasteiger partial charge in [-0.05, 0) is 37.8 Å². The van der Waals surface area contributed by atoms with Crippen molar-refractivity contribution in [3.8, 4) is 0 Å². The highest BCUT2D eigenvalue weighted by molar-refractivity contribution is 5.85. The van der Waals surface area contributed by atoms with Crippen LogP contribution in [0.2, 0.25) is 0 Å². The van der Waals surface area contributed by atoms with Crippen LogP contribution in [0.1, 0.15) is 33.1 Å². The van der Waals surface area contributed by atoms with Crippen LogP contribution < -0.4 is 10.6 Å². The predicted octanol–water partition coefficient (Wildman–Crippen LogP) is 0.359. The third-order valence-corrected chi connectivity index (χ3v) is 4.04. The van der Waals surface area contributed by atoms with Gasteiger partial charge in [0.05, 0.1) is 6.54 Å². The standard InChI is InChI=1S/C14H25N3O2/c1-10(2)7-16-13(18)9-17-12-5-6-15-8-11(12)3-4-14(17)19/h10-12,15H,3-9H2,1-2H3,(H,16,18). The first-order valence-electron chi connectivity index (χ1n) is 7.35. The summed E-state index contributed by atoms with van der Waals surface area (Å²) in [7, 11) is 0. The van der Waals surface area contributed by atoms with Crippen LogP contribution in [0.4, 0.5) is 0 Å². The maximum absolute atomic E-state index is 12.0. The van der Waals surface area contributed by atoms with Crippen LogP contribution in [0.5, 0.6) is 0 Å². The molecule has 2 N–H and O–H groups in total. The molecule has 2 fully saturated rings. The molecule has 0 aromatic carbocycles. The third-order valence-electron chi connectivity index (χ3n) is 4.04. The first kappa shape index (κ1) is 14.3. The number of hydrogen-bond acceptors (Lipinski definition) is 3. The van der Waals surface area contributed by atoms with Crippen LogP contribution in [0.15, 0.2) is 0 Å². The van der Waals surface area contributed by atoms with Crippen molar-refractivity contribution in [3.05, 3.63) is 0 Å². The van der Waals surface area contributed by atoms with Gasteiger partial charge in [-0.2, -0.15) is 0 Å². The number of nitrogens with one attached hydrogen (secondary N) is 2. The minimum Gasteiger partial charge on any atom is -0.354 e. The van der Waals surface area contributed by atoms with Gasteiger partial charge in [0.15, 0.2) is 0 Å². The molecule has 2 atom stereocenters. The van der Waals surface area contributed by atoms with E-state index in [1.807, 2.05) is 4.90 Å². The van der Waals surface area contributed by atoms with Crippen LogP contribution in [0.3, 0.4) is 0 Å². The van der Waals surface area contributed by atoms with E-state index in [2.05, 4.69) is 24.5 Å². The normalized spacial score (nSPS) is 27.3. The van der Waals surface area contributed by atoms with E-state index in [-0.39, 0.29) is 24.4 Å². The number of likely N-dealkylation sites (tertiary alicyclic amines) is 1. The lowest BCUT2D eigenvalue weighted by Gasteiger charge is -2.43. The summed E-state index contributed by atoms with van der Waals surface area (Å²) in [5.74, 6) is 1.07. The molecule has 2 saturated heterocycles. The van der Waals surface area contributed by atoms with E-state index in [4.69, 9.17) is 0 Å². The van der Waals surface area contributed by atoms with Gasteiger partial charge in [0.2, 0.25) is 11.8 Å². The average Bonchev–Trinajstić information content (AvgIpc) is 2.40. The van der Waals surface area contributed by atoms with E-state index in [0.29, 0.717) is 24.8 Å². The van der Waals surface area contributed by atoms with Gasteiger partial charge in [0, 0.05) is 19.0 Å².